The second-order valence-electron chi connectivity index (χ2n) is 5.17. The van der Waals surface area contributed by atoms with Crippen molar-refractivity contribution in [1.82, 2.24) is 0 Å². The van der Waals surface area contributed by atoms with Gasteiger partial charge in [-0.1, -0.05) is 0 Å². The summed E-state index contributed by atoms with van der Waals surface area (Å²) < 4.78 is 5.29. The zero-order chi connectivity index (χ0) is 12.6. The maximum Gasteiger partial charge on any atom is 0.122 e. The second-order valence-corrected chi connectivity index (χ2v) is 5.17. The summed E-state index contributed by atoms with van der Waals surface area (Å²) in [5.41, 5.74) is 8.29. The molecule has 1 aliphatic carbocycles. The Bertz CT molecular complexity index is 430. The molecule has 0 amide bonds. The van der Waals surface area contributed by atoms with E-state index in [1.165, 1.54) is 0 Å². The van der Waals surface area contributed by atoms with Gasteiger partial charge in [0, 0.05) is 6.04 Å². The molecule has 94 valence electrons. The van der Waals surface area contributed by atoms with Gasteiger partial charge < -0.3 is 15.6 Å². The normalized spacial score (nSPS) is 28.4. The van der Waals surface area contributed by atoms with E-state index in [0.717, 1.165) is 35.3 Å². The molecule has 1 aromatic rings. The number of aryl methyl sites for hydroxylation is 2. The molecule has 0 aliphatic heterocycles. The molecule has 3 heteroatoms. The first-order valence-corrected chi connectivity index (χ1v) is 6.10. The van der Waals surface area contributed by atoms with Crippen LogP contribution < -0.4 is 10.5 Å². The van der Waals surface area contributed by atoms with Crippen LogP contribution in [0.3, 0.4) is 0 Å². The van der Waals surface area contributed by atoms with E-state index in [4.69, 9.17) is 10.5 Å². The summed E-state index contributed by atoms with van der Waals surface area (Å²) in [6, 6.07) is 4.14. The number of rotatable bonds is 2. The lowest BCUT2D eigenvalue weighted by Gasteiger charge is -2.26. The Morgan fingerprint density at radius 1 is 1.35 bits per heavy atom. The van der Waals surface area contributed by atoms with Gasteiger partial charge in [-0.2, -0.15) is 0 Å². The van der Waals surface area contributed by atoms with Gasteiger partial charge in [-0.25, -0.2) is 0 Å². The van der Waals surface area contributed by atoms with E-state index >= 15 is 0 Å². The molecule has 2 atom stereocenters. The molecular weight excluding hydrogens is 214 g/mol. The van der Waals surface area contributed by atoms with Gasteiger partial charge >= 0.3 is 0 Å². The number of hydrogen-bond donors (Lipinski definition) is 2. The largest absolute Gasteiger partial charge is 0.496 e. The predicted molar refractivity (Wildman–Crippen MR) is 68.2 cm³/mol. The molecule has 2 unspecified atom stereocenters. The van der Waals surface area contributed by atoms with E-state index in [2.05, 4.69) is 0 Å². The Labute approximate surface area is 103 Å². The molecule has 1 aromatic carbocycles. The lowest BCUT2D eigenvalue weighted by atomic mass is 9.87. The van der Waals surface area contributed by atoms with Gasteiger partial charge in [-0.05, 0) is 61.9 Å². The molecule has 1 fully saturated rings. The van der Waals surface area contributed by atoms with Crippen molar-refractivity contribution < 1.29 is 9.84 Å². The molecule has 0 saturated heterocycles. The Hall–Kier alpha value is -1.06. The topological polar surface area (TPSA) is 55.5 Å². The molecule has 3 nitrogen and oxygen atoms in total. The third-order valence-corrected chi connectivity index (χ3v) is 3.77. The Balaban J connectivity index is 2.42. The van der Waals surface area contributed by atoms with Gasteiger partial charge in [-0.15, -0.1) is 0 Å². The monoisotopic (exact) mass is 235 g/mol. The summed E-state index contributed by atoms with van der Waals surface area (Å²) in [5.74, 6) is 0.872. The quantitative estimate of drug-likeness (QED) is 0.824. The zero-order valence-electron chi connectivity index (χ0n) is 10.8. The molecule has 0 radical (unpaired) electrons. The van der Waals surface area contributed by atoms with Gasteiger partial charge in [0.05, 0.1) is 12.7 Å². The summed E-state index contributed by atoms with van der Waals surface area (Å²) in [7, 11) is 1.67. The minimum Gasteiger partial charge on any atom is -0.496 e. The van der Waals surface area contributed by atoms with E-state index in [0.29, 0.717) is 6.42 Å². The van der Waals surface area contributed by atoms with Crippen LogP contribution in [0.25, 0.3) is 0 Å². The van der Waals surface area contributed by atoms with Gasteiger partial charge in [0.15, 0.2) is 0 Å². The van der Waals surface area contributed by atoms with Crippen molar-refractivity contribution in [3.63, 3.8) is 0 Å². The predicted octanol–water partition coefficient (Wildman–Crippen LogP) is 2.01. The SMILES string of the molecule is COc1cc(C)c(C2(O)CCC(N)C2)cc1C. The maximum absolute atomic E-state index is 10.7. The minimum absolute atomic E-state index is 0.113. The zero-order valence-corrected chi connectivity index (χ0v) is 10.8. The van der Waals surface area contributed by atoms with Crippen molar-refractivity contribution >= 4 is 0 Å². The van der Waals surface area contributed by atoms with Crippen LogP contribution in [-0.2, 0) is 5.60 Å². The lowest BCUT2D eigenvalue weighted by Crippen LogP contribution is -2.26. The van der Waals surface area contributed by atoms with Crippen LogP contribution in [0.4, 0.5) is 0 Å². The third kappa shape index (κ3) is 2.17. The summed E-state index contributed by atoms with van der Waals surface area (Å²) in [6.07, 6.45) is 2.29. The molecule has 2 rings (SSSR count). The highest BCUT2D eigenvalue weighted by Crippen LogP contribution is 2.41. The van der Waals surface area contributed by atoms with E-state index in [-0.39, 0.29) is 6.04 Å². The summed E-state index contributed by atoms with van der Waals surface area (Å²) in [5, 5.41) is 10.7. The van der Waals surface area contributed by atoms with Gasteiger partial charge in [-0.3, -0.25) is 0 Å². The lowest BCUT2D eigenvalue weighted by molar-refractivity contribution is 0.0424. The van der Waals surface area contributed by atoms with E-state index in [1.807, 2.05) is 26.0 Å². The first-order chi connectivity index (χ1) is 7.96. The third-order valence-electron chi connectivity index (χ3n) is 3.77. The smallest absolute Gasteiger partial charge is 0.122 e. The first kappa shape index (κ1) is 12.4. The molecule has 0 spiro atoms. The maximum atomic E-state index is 10.7. The Kier molecular flexibility index (Phi) is 3.15. The highest BCUT2D eigenvalue weighted by atomic mass is 16.5. The molecule has 3 N–H and O–H groups in total. The number of nitrogens with two attached hydrogens (primary N) is 1. The van der Waals surface area contributed by atoms with Crippen LogP contribution in [0.5, 0.6) is 5.75 Å². The molecule has 0 bridgehead atoms. The van der Waals surface area contributed by atoms with E-state index in [1.54, 1.807) is 7.11 Å². The van der Waals surface area contributed by atoms with Crippen molar-refractivity contribution in [3.8, 4) is 5.75 Å². The van der Waals surface area contributed by atoms with Crippen LogP contribution in [0, 0.1) is 13.8 Å². The van der Waals surface area contributed by atoms with Crippen molar-refractivity contribution in [2.75, 3.05) is 7.11 Å². The van der Waals surface area contributed by atoms with Crippen molar-refractivity contribution in [2.24, 2.45) is 5.73 Å². The standard InChI is InChI=1S/C14H21NO2/c1-9-7-13(17-3)10(2)6-12(9)14(16)5-4-11(15)8-14/h6-7,11,16H,4-5,8,15H2,1-3H3. The molecule has 0 heterocycles. The molecule has 0 aromatic heterocycles. The van der Waals surface area contributed by atoms with Crippen LogP contribution in [0.1, 0.15) is 36.0 Å². The molecule has 1 saturated carbocycles. The van der Waals surface area contributed by atoms with E-state index < -0.39 is 5.60 Å². The highest BCUT2D eigenvalue weighted by molar-refractivity contribution is 5.44. The summed E-state index contributed by atoms with van der Waals surface area (Å²) >= 11 is 0. The van der Waals surface area contributed by atoms with Crippen LogP contribution in [-0.4, -0.2) is 18.3 Å². The number of hydrogen-bond acceptors (Lipinski definition) is 3. The fraction of sp³-hybridized carbons (Fsp3) is 0.571. The number of ether oxygens (including phenoxy) is 1. The molecular formula is C14H21NO2. The first-order valence-electron chi connectivity index (χ1n) is 6.10. The molecule has 17 heavy (non-hydrogen) atoms. The van der Waals surface area contributed by atoms with Gasteiger partial charge in [0.1, 0.15) is 5.75 Å². The number of benzene rings is 1. The van der Waals surface area contributed by atoms with Crippen LogP contribution in [0.2, 0.25) is 0 Å². The van der Waals surface area contributed by atoms with Crippen molar-refractivity contribution in [1.29, 1.82) is 0 Å². The number of methoxy groups -OCH3 is 1. The van der Waals surface area contributed by atoms with Crippen LogP contribution >= 0.6 is 0 Å². The minimum atomic E-state index is -0.749. The fourth-order valence-corrected chi connectivity index (χ4v) is 2.82. The Morgan fingerprint density at radius 3 is 2.59 bits per heavy atom. The Morgan fingerprint density at radius 2 is 2.06 bits per heavy atom. The fourth-order valence-electron chi connectivity index (χ4n) is 2.82. The average molecular weight is 235 g/mol. The van der Waals surface area contributed by atoms with Crippen molar-refractivity contribution in [3.05, 3.63) is 28.8 Å². The van der Waals surface area contributed by atoms with Gasteiger partial charge in [0.2, 0.25) is 0 Å². The summed E-state index contributed by atoms with van der Waals surface area (Å²) in [6.45, 7) is 4.01. The van der Waals surface area contributed by atoms with Crippen LogP contribution in [0.15, 0.2) is 12.1 Å². The van der Waals surface area contributed by atoms with Crippen molar-refractivity contribution in [2.45, 2.75) is 44.8 Å². The molecule has 1 aliphatic rings. The average Bonchev–Trinajstić information content (AvgIpc) is 2.62. The second kappa shape index (κ2) is 4.31. The van der Waals surface area contributed by atoms with E-state index in [9.17, 15) is 5.11 Å². The summed E-state index contributed by atoms with van der Waals surface area (Å²) in [4.78, 5) is 0. The van der Waals surface area contributed by atoms with Gasteiger partial charge in [0.25, 0.3) is 0 Å². The highest BCUT2D eigenvalue weighted by Gasteiger charge is 2.38. The number of aliphatic hydroxyl groups is 1.